The number of carbonyl (C=O) groups is 2. The van der Waals surface area contributed by atoms with Crippen molar-refractivity contribution in [3.8, 4) is 0 Å². The summed E-state index contributed by atoms with van der Waals surface area (Å²) in [4.78, 5) is 34.9. The van der Waals surface area contributed by atoms with E-state index in [2.05, 4.69) is 13.8 Å². The fourth-order valence-electron chi connectivity index (χ4n) is 7.69. The average molecular weight is 845 g/mol. The van der Waals surface area contributed by atoms with Crippen molar-refractivity contribution in [2.24, 2.45) is 0 Å². The van der Waals surface area contributed by atoms with E-state index in [1.165, 1.54) is 205 Å². The van der Waals surface area contributed by atoms with E-state index in [1.807, 2.05) is 0 Å². The van der Waals surface area contributed by atoms with E-state index in [0.717, 1.165) is 38.5 Å². The van der Waals surface area contributed by atoms with Crippen LogP contribution in [0.2, 0.25) is 0 Å². The van der Waals surface area contributed by atoms with E-state index in [0.29, 0.717) is 6.42 Å². The Labute approximate surface area is 359 Å². The topological polar surface area (TPSA) is 108 Å². The lowest BCUT2D eigenvalue weighted by Gasteiger charge is -2.19. The second-order valence-electron chi connectivity index (χ2n) is 17.2. The van der Waals surface area contributed by atoms with Crippen LogP contribution >= 0.6 is 7.82 Å². The molecular weight excluding hydrogens is 748 g/mol. The normalized spacial score (nSPS) is 13.1. The van der Waals surface area contributed by atoms with E-state index in [-0.39, 0.29) is 32.2 Å². The van der Waals surface area contributed by atoms with E-state index in [4.69, 9.17) is 18.5 Å². The first kappa shape index (κ1) is 57.1. The van der Waals surface area contributed by atoms with E-state index in [1.54, 1.807) is 6.92 Å². The number of carbonyl (C=O) groups excluding carboxylic acids is 2. The van der Waals surface area contributed by atoms with E-state index >= 15 is 0 Å². The number of rotatable bonds is 48. The van der Waals surface area contributed by atoms with Gasteiger partial charge in [-0.25, -0.2) is 4.57 Å². The van der Waals surface area contributed by atoms with Crippen LogP contribution in [-0.2, 0) is 32.7 Å². The summed E-state index contributed by atoms with van der Waals surface area (Å²) >= 11 is 0. The number of hydrogen-bond acceptors (Lipinski definition) is 7. The van der Waals surface area contributed by atoms with Crippen molar-refractivity contribution < 1.29 is 37.6 Å². The van der Waals surface area contributed by atoms with Gasteiger partial charge in [0.1, 0.15) is 6.61 Å². The third kappa shape index (κ3) is 44.6. The summed E-state index contributed by atoms with van der Waals surface area (Å²) in [5.74, 6) is -0.775. The summed E-state index contributed by atoms with van der Waals surface area (Å²) in [6.07, 6.45) is 48.8. The van der Waals surface area contributed by atoms with Crippen LogP contribution in [0.1, 0.15) is 278 Å². The molecule has 0 saturated carbocycles. The van der Waals surface area contributed by atoms with Crippen LogP contribution < -0.4 is 0 Å². The zero-order valence-electron chi connectivity index (χ0n) is 38.7. The predicted octanol–water partition coefficient (Wildman–Crippen LogP) is 16.2. The van der Waals surface area contributed by atoms with Gasteiger partial charge in [-0.1, -0.05) is 245 Å². The molecule has 0 saturated heterocycles. The van der Waals surface area contributed by atoms with E-state index in [9.17, 15) is 19.0 Å². The molecule has 0 aromatic carbocycles. The van der Waals surface area contributed by atoms with Crippen LogP contribution in [0.4, 0.5) is 0 Å². The standard InChI is InChI=1S/C49H97O8P/c1-4-7-9-11-13-15-17-19-21-23-24-25-26-27-28-30-32-34-36-38-40-42-44-49(51)57-47(46-56-58(52,53)55-6-3)45-54-48(50)43-41-39-37-35-33-31-29-22-20-18-16-14-12-10-8-5-2/h47H,4-46H2,1-3H3,(H,52,53). The molecule has 0 aliphatic carbocycles. The van der Waals surface area contributed by atoms with Gasteiger partial charge < -0.3 is 14.4 Å². The van der Waals surface area contributed by atoms with Crippen molar-refractivity contribution in [1.82, 2.24) is 0 Å². The summed E-state index contributed by atoms with van der Waals surface area (Å²) in [5.41, 5.74) is 0. The van der Waals surface area contributed by atoms with Crippen molar-refractivity contribution in [1.29, 1.82) is 0 Å². The Bertz CT molecular complexity index is 915. The van der Waals surface area contributed by atoms with E-state index < -0.39 is 19.9 Å². The first-order valence-corrected chi connectivity index (χ1v) is 26.8. The van der Waals surface area contributed by atoms with Gasteiger partial charge in [0.2, 0.25) is 0 Å². The van der Waals surface area contributed by atoms with Gasteiger partial charge in [-0.3, -0.25) is 18.6 Å². The number of esters is 2. The van der Waals surface area contributed by atoms with Gasteiger partial charge in [0.15, 0.2) is 6.10 Å². The summed E-state index contributed by atoms with van der Waals surface area (Å²) in [6, 6.07) is 0. The van der Waals surface area contributed by atoms with Gasteiger partial charge in [0.25, 0.3) is 0 Å². The molecule has 0 radical (unpaired) electrons. The third-order valence-electron chi connectivity index (χ3n) is 11.4. The molecule has 0 rings (SSSR count). The van der Waals surface area contributed by atoms with Gasteiger partial charge in [-0.15, -0.1) is 0 Å². The maximum absolute atomic E-state index is 12.6. The highest BCUT2D eigenvalue weighted by molar-refractivity contribution is 7.47. The smallest absolute Gasteiger partial charge is 0.462 e. The van der Waals surface area contributed by atoms with Crippen LogP contribution in [0.5, 0.6) is 0 Å². The summed E-state index contributed by atoms with van der Waals surface area (Å²) in [7, 11) is -4.28. The first-order valence-electron chi connectivity index (χ1n) is 25.3. The monoisotopic (exact) mass is 845 g/mol. The second kappa shape index (κ2) is 45.6. The second-order valence-corrected chi connectivity index (χ2v) is 18.7. The third-order valence-corrected chi connectivity index (χ3v) is 12.5. The molecule has 0 amide bonds. The molecule has 0 bridgehead atoms. The zero-order chi connectivity index (χ0) is 42.5. The molecular formula is C49H97O8P. The fourth-order valence-corrected chi connectivity index (χ4v) is 8.45. The number of phosphoric ester groups is 1. The van der Waals surface area contributed by atoms with Crippen molar-refractivity contribution in [3.05, 3.63) is 0 Å². The Morgan fingerprint density at radius 1 is 0.397 bits per heavy atom. The highest BCUT2D eigenvalue weighted by atomic mass is 31.2. The molecule has 0 spiro atoms. The minimum absolute atomic E-state index is 0.00599. The molecule has 0 heterocycles. The Kier molecular flexibility index (Phi) is 44.8. The number of ether oxygens (including phenoxy) is 2. The molecule has 2 unspecified atom stereocenters. The molecule has 1 N–H and O–H groups in total. The number of phosphoric acid groups is 1. The Balaban J connectivity index is 3.92. The molecule has 346 valence electrons. The van der Waals surface area contributed by atoms with Gasteiger partial charge >= 0.3 is 19.8 Å². The highest BCUT2D eigenvalue weighted by Gasteiger charge is 2.25. The summed E-state index contributed by atoms with van der Waals surface area (Å²) < 4.78 is 32.8. The molecule has 0 aromatic heterocycles. The molecule has 58 heavy (non-hydrogen) atoms. The maximum Gasteiger partial charge on any atom is 0.472 e. The quantitative estimate of drug-likeness (QED) is 0.0366. The molecule has 2 atom stereocenters. The summed E-state index contributed by atoms with van der Waals surface area (Å²) in [5, 5.41) is 0. The largest absolute Gasteiger partial charge is 0.472 e. The molecule has 9 heteroatoms. The van der Waals surface area contributed by atoms with Crippen molar-refractivity contribution in [2.45, 2.75) is 284 Å². The van der Waals surface area contributed by atoms with Crippen LogP contribution in [0, 0.1) is 0 Å². The van der Waals surface area contributed by atoms with Crippen LogP contribution in [0.3, 0.4) is 0 Å². The van der Waals surface area contributed by atoms with Gasteiger partial charge in [-0.05, 0) is 19.8 Å². The minimum atomic E-state index is -4.28. The van der Waals surface area contributed by atoms with Gasteiger partial charge in [0.05, 0.1) is 13.2 Å². The van der Waals surface area contributed by atoms with Crippen molar-refractivity contribution in [3.63, 3.8) is 0 Å². The van der Waals surface area contributed by atoms with Crippen LogP contribution in [-0.4, -0.2) is 42.8 Å². The highest BCUT2D eigenvalue weighted by Crippen LogP contribution is 2.43. The Hall–Kier alpha value is -0.950. The Morgan fingerprint density at radius 3 is 0.966 bits per heavy atom. The predicted molar refractivity (Wildman–Crippen MR) is 244 cm³/mol. The number of unbranched alkanes of at least 4 members (excludes halogenated alkanes) is 36. The van der Waals surface area contributed by atoms with Crippen LogP contribution in [0.15, 0.2) is 0 Å². The molecule has 8 nitrogen and oxygen atoms in total. The fraction of sp³-hybridized carbons (Fsp3) is 0.959. The van der Waals surface area contributed by atoms with Gasteiger partial charge in [0, 0.05) is 12.8 Å². The molecule has 0 aromatic rings. The SMILES string of the molecule is CCCCCCCCCCCCCCCCCCCCCCCCC(=O)OC(COC(=O)CCCCCCCCCCCCCCCCCC)COP(=O)(O)OCC. The maximum atomic E-state index is 12.6. The van der Waals surface area contributed by atoms with Gasteiger partial charge in [-0.2, -0.15) is 0 Å². The first-order chi connectivity index (χ1) is 28.3. The number of hydrogen-bond donors (Lipinski definition) is 1. The lowest BCUT2D eigenvalue weighted by atomic mass is 10.0. The zero-order valence-corrected chi connectivity index (χ0v) is 39.6. The van der Waals surface area contributed by atoms with Crippen molar-refractivity contribution in [2.75, 3.05) is 19.8 Å². The lowest BCUT2D eigenvalue weighted by Crippen LogP contribution is -2.29. The van der Waals surface area contributed by atoms with Crippen LogP contribution in [0.25, 0.3) is 0 Å². The summed E-state index contributed by atoms with van der Waals surface area (Å²) in [6.45, 7) is 5.55. The Morgan fingerprint density at radius 2 is 0.672 bits per heavy atom. The van der Waals surface area contributed by atoms with Crippen molar-refractivity contribution >= 4 is 19.8 Å². The lowest BCUT2D eigenvalue weighted by molar-refractivity contribution is -0.161. The minimum Gasteiger partial charge on any atom is -0.462 e. The molecule has 0 aliphatic rings. The molecule has 0 aliphatic heterocycles. The molecule has 0 fully saturated rings. The average Bonchev–Trinajstić information content (AvgIpc) is 3.20.